The van der Waals surface area contributed by atoms with Gasteiger partial charge in [-0.1, -0.05) is 29.8 Å². The molecule has 0 saturated carbocycles. The summed E-state index contributed by atoms with van der Waals surface area (Å²) in [6, 6.07) is 7.22. The van der Waals surface area contributed by atoms with E-state index in [1.54, 1.807) is 13.0 Å². The van der Waals surface area contributed by atoms with Crippen LogP contribution in [0.2, 0.25) is 5.02 Å². The topological polar surface area (TPSA) is 64.6 Å². The van der Waals surface area contributed by atoms with Gasteiger partial charge in [-0.3, -0.25) is 4.79 Å². The lowest BCUT2D eigenvalue weighted by Crippen LogP contribution is -2.34. The van der Waals surface area contributed by atoms with Crippen LogP contribution in [0.4, 0.5) is 0 Å². The Balaban J connectivity index is 2.19. The van der Waals surface area contributed by atoms with Crippen molar-refractivity contribution in [3.05, 3.63) is 46.1 Å². The van der Waals surface area contributed by atoms with Crippen LogP contribution in [0.5, 0.6) is 0 Å². The van der Waals surface area contributed by atoms with Crippen LogP contribution >= 0.6 is 11.6 Å². The van der Waals surface area contributed by atoms with Crippen LogP contribution in [-0.2, 0) is 19.1 Å². The molecule has 24 heavy (non-hydrogen) atoms. The summed E-state index contributed by atoms with van der Waals surface area (Å²) >= 11 is 6.26. The Hall–Kier alpha value is -1.85. The van der Waals surface area contributed by atoms with Crippen molar-refractivity contribution in [3.63, 3.8) is 0 Å². The van der Waals surface area contributed by atoms with Crippen molar-refractivity contribution in [2.24, 2.45) is 0 Å². The first-order chi connectivity index (χ1) is 11.4. The van der Waals surface area contributed by atoms with Crippen molar-refractivity contribution in [1.82, 2.24) is 5.32 Å². The number of nitrogens with one attached hydrogen (secondary N) is 1. The molecule has 0 radical (unpaired) electrons. The first kappa shape index (κ1) is 18.5. The Labute approximate surface area is 147 Å². The van der Waals surface area contributed by atoms with Gasteiger partial charge in [-0.05, 0) is 32.4 Å². The highest BCUT2D eigenvalue weighted by Crippen LogP contribution is 2.36. The number of esters is 1. The van der Waals surface area contributed by atoms with Crippen molar-refractivity contribution < 1.29 is 19.1 Å². The second-order valence-corrected chi connectivity index (χ2v) is 6.33. The predicted molar refractivity (Wildman–Crippen MR) is 91.7 cm³/mol. The van der Waals surface area contributed by atoms with Gasteiger partial charge in [0.1, 0.15) is 6.61 Å². The van der Waals surface area contributed by atoms with Gasteiger partial charge in [-0.15, -0.1) is 0 Å². The van der Waals surface area contributed by atoms with Crippen LogP contribution < -0.4 is 5.32 Å². The molecule has 0 fully saturated rings. The van der Waals surface area contributed by atoms with Crippen molar-refractivity contribution in [1.29, 1.82) is 0 Å². The lowest BCUT2D eigenvalue weighted by molar-refractivity contribution is -0.141. The van der Waals surface area contributed by atoms with Crippen molar-refractivity contribution in [3.8, 4) is 0 Å². The van der Waals surface area contributed by atoms with Crippen LogP contribution in [0.25, 0.3) is 0 Å². The largest absolute Gasteiger partial charge is 0.460 e. The molecule has 1 aromatic carbocycles. The first-order valence-corrected chi connectivity index (χ1v) is 8.31. The molecule has 1 aliphatic rings. The van der Waals surface area contributed by atoms with Crippen LogP contribution in [0.15, 0.2) is 35.5 Å². The average molecular weight is 352 g/mol. The second-order valence-electron chi connectivity index (χ2n) is 5.92. The molecular formula is C18H22ClNO4. The summed E-state index contributed by atoms with van der Waals surface area (Å²) in [5, 5.41) is 3.23. The van der Waals surface area contributed by atoms with Gasteiger partial charge in [0.2, 0.25) is 5.91 Å². The molecule has 0 unspecified atom stereocenters. The second kappa shape index (κ2) is 8.31. The molecular weight excluding hydrogens is 330 g/mol. The fourth-order valence-electron chi connectivity index (χ4n) is 2.69. The predicted octanol–water partition coefficient (Wildman–Crippen LogP) is 3.19. The molecule has 1 amide bonds. The Morgan fingerprint density at radius 3 is 2.71 bits per heavy atom. The molecule has 0 spiro atoms. The molecule has 1 aromatic rings. The smallest absolute Gasteiger partial charge is 0.336 e. The van der Waals surface area contributed by atoms with Gasteiger partial charge in [0.25, 0.3) is 0 Å². The standard InChI is InChI=1S/C18H22ClNO4/c1-11(2)23-8-9-24-18(22)17-12(3)20-16(21)10-14(17)13-6-4-5-7-15(13)19/h4-7,11,14H,8-10H2,1-3H3,(H,20,21)/t14-/m0/s1. The number of allylic oxidation sites excluding steroid dienone is 1. The molecule has 0 bridgehead atoms. The quantitative estimate of drug-likeness (QED) is 0.631. The summed E-state index contributed by atoms with van der Waals surface area (Å²) in [7, 11) is 0. The SMILES string of the molecule is CC1=C(C(=O)OCCOC(C)C)[C@H](c2ccccc2Cl)CC(=O)N1. The van der Waals surface area contributed by atoms with E-state index in [4.69, 9.17) is 21.1 Å². The third-order valence-corrected chi connectivity index (χ3v) is 4.08. The molecule has 1 N–H and O–H groups in total. The summed E-state index contributed by atoms with van der Waals surface area (Å²) < 4.78 is 10.7. The van der Waals surface area contributed by atoms with Crippen LogP contribution in [0, 0.1) is 0 Å². The summed E-state index contributed by atoms with van der Waals surface area (Å²) in [5.74, 6) is -1.01. The van der Waals surface area contributed by atoms with Gasteiger partial charge in [0.05, 0.1) is 18.3 Å². The van der Waals surface area contributed by atoms with Crippen LogP contribution in [0.3, 0.4) is 0 Å². The minimum absolute atomic E-state index is 0.0782. The maximum Gasteiger partial charge on any atom is 0.336 e. The van der Waals surface area contributed by atoms with E-state index in [9.17, 15) is 9.59 Å². The molecule has 2 rings (SSSR count). The van der Waals surface area contributed by atoms with Crippen molar-refractivity contribution in [2.75, 3.05) is 13.2 Å². The van der Waals surface area contributed by atoms with Crippen molar-refractivity contribution in [2.45, 2.75) is 39.2 Å². The highest BCUT2D eigenvalue weighted by molar-refractivity contribution is 6.31. The van der Waals surface area contributed by atoms with E-state index in [1.807, 2.05) is 32.0 Å². The van der Waals surface area contributed by atoms with Gasteiger partial charge in [-0.2, -0.15) is 0 Å². The first-order valence-electron chi connectivity index (χ1n) is 7.94. The molecule has 6 heteroatoms. The van der Waals surface area contributed by atoms with Gasteiger partial charge in [-0.25, -0.2) is 4.79 Å². The number of amides is 1. The molecule has 1 aliphatic heterocycles. The Bertz CT molecular complexity index is 654. The molecule has 1 atom stereocenters. The monoisotopic (exact) mass is 351 g/mol. The molecule has 130 valence electrons. The van der Waals surface area contributed by atoms with E-state index in [0.717, 1.165) is 5.56 Å². The van der Waals surface area contributed by atoms with Gasteiger partial charge < -0.3 is 14.8 Å². The van der Waals surface area contributed by atoms with E-state index in [0.29, 0.717) is 22.9 Å². The molecule has 1 heterocycles. The number of hydrogen-bond acceptors (Lipinski definition) is 4. The molecule has 0 aliphatic carbocycles. The Morgan fingerprint density at radius 2 is 2.04 bits per heavy atom. The number of ether oxygens (including phenoxy) is 2. The summed E-state index contributed by atoms with van der Waals surface area (Å²) in [6.07, 6.45) is 0.239. The van der Waals surface area contributed by atoms with Crippen LogP contribution in [-0.4, -0.2) is 31.2 Å². The van der Waals surface area contributed by atoms with Gasteiger partial charge in [0, 0.05) is 23.1 Å². The average Bonchev–Trinajstić information content (AvgIpc) is 2.51. The summed E-state index contributed by atoms with van der Waals surface area (Å²) in [4.78, 5) is 24.4. The van der Waals surface area contributed by atoms with E-state index < -0.39 is 11.9 Å². The molecule has 0 aromatic heterocycles. The lowest BCUT2D eigenvalue weighted by atomic mass is 9.84. The minimum atomic E-state index is -0.454. The Morgan fingerprint density at radius 1 is 1.33 bits per heavy atom. The maximum absolute atomic E-state index is 12.5. The third kappa shape index (κ3) is 4.58. The summed E-state index contributed by atoms with van der Waals surface area (Å²) in [6.45, 7) is 6.02. The Kier molecular flexibility index (Phi) is 6.40. The maximum atomic E-state index is 12.5. The third-order valence-electron chi connectivity index (χ3n) is 3.74. The zero-order valence-electron chi connectivity index (χ0n) is 14.1. The fourth-order valence-corrected chi connectivity index (χ4v) is 2.96. The number of rotatable bonds is 6. The van der Waals surface area contributed by atoms with E-state index in [-0.39, 0.29) is 25.0 Å². The van der Waals surface area contributed by atoms with Crippen molar-refractivity contribution >= 4 is 23.5 Å². The zero-order chi connectivity index (χ0) is 17.7. The summed E-state index contributed by atoms with van der Waals surface area (Å²) in [5.41, 5.74) is 1.69. The van der Waals surface area contributed by atoms with Gasteiger partial charge >= 0.3 is 5.97 Å². The normalized spacial score (nSPS) is 17.9. The highest BCUT2D eigenvalue weighted by Gasteiger charge is 2.33. The fraction of sp³-hybridized carbons (Fsp3) is 0.444. The highest BCUT2D eigenvalue weighted by atomic mass is 35.5. The number of halogens is 1. The molecule has 0 saturated heterocycles. The number of carbonyl (C=O) groups excluding carboxylic acids is 2. The van der Waals surface area contributed by atoms with Crippen LogP contribution in [0.1, 0.15) is 38.7 Å². The number of hydrogen-bond donors (Lipinski definition) is 1. The number of carbonyl (C=O) groups is 2. The zero-order valence-corrected chi connectivity index (χ0v) is 14.9. The van der Waals surface area contributed by atoms with E-state index >= 15 is 0 Å². The lowest BCUT2D eigenvalue weighted by Gasteiger charge is -2.27. The van der Waals surface area contributed by atoms with E-state index in [1.165, 1.54) is 0 Å². The minimum Gasteiger partial charge on any atom is -0.460 e. The van der Waals surface area contributed by atoms with Gasteiger partial charge in [0.15, 0.2) is 0 Å². The number of benzene rings is 1. The van der Waals surface area contributed by atoms with E-state index in [2.05, 4.69) is 5.32 Å². The molecule has 5 nitrogen and oxygen atoms in total.